The summed E-state index contributed by atoms with van der Waals surface area (Å²) in [6, 6.07) is 19.7. The molecule has 0 spiro atoms. The van der Waals surface area contributed by atoms with Crippen LogP contribution in [-0.4, -0.2) is 18.9 Å². The van der Waals surface area contributed by atoms with Gasteiger partial charge >= 0.3 is 0 Å². The summed E-state index contributed by atoms with van der Waals surface area (Å²) in [6.07, 6.45) is 0. The summed E-state index contributed by atoms with van der Waals surface area (Å²) in [5.74, 6) is -0.230. The highest BCUT2D eigenvalue weighted by atomic mass is 35.5. The molecule has 31 heavy (non-hydrogen) atoms. The summed E-state index contributed by atoms with van der Waals surface area (Å²) in [7, 11) is 1.57. The molecule has 1 aliphatic heterocycles. The number of amides is 2. The zero-order valence-corrected chi connectivity index (χ0v) is 18.2. The molecule has 4 rings (SSSR count). The van der Waals surface area contributed by atoms with E-state index in [0.717, 1.165) is 21.7 Å². The Morgan fingerprint density at radius 3 is 2.13 bits per heavy atom. The van der Waals surface area contributed by atoms with Crippen LogP contribution in [0.1, 0.15) is 16.7 Å². The zero-order valence-electron chi connectivity index (χ0n) is 17.4. The minimum Gasteiger partial charge on any atom is -0.497 e. The Morgan fingerprint density at radius 2 is 1.52 bits per heavy atom. The number of benzene rings is 3. The average molecular weight is 433 g/mol. The number of nitrogens with zero attached hydrogens (tertiary/aromatic N) is 1. The van der Waals surface area contributed by atoms with Crippen LogP contribution in [0.15, 0.2) is 72.4 Å². The van der Waals surface area contributed by atoms with Crippen molar-refractivity contribution in [3.8, 4) is 5.75 Å². The van der Waals surface area contributed by atoms with Gasteiger partial charge in [0.1, 0.15) is 11.4 Å². The molecule has 1 N–H and O–H groups in total. The first-order valence-corrected chi connectivity index (χ1v) is 10.1. The van der Waals surface area contributed by atoms with E-state index < -0.39 is 11.8 Å². The van der Waals surface area contributed by atoms with Crippen molar-refractivity contribution in [1.29, 1.82) is 0 Å². The molecule has 1 aliphatic rings. The lowest BCUT2D eigenvalue weighted by Gasteiger charge is -2.17. The third kappa shape index (κ3) is 3.92. The van der Waals surface area contributed by atoms with Gasteiger partial charge in [0.15, 0.2) is 0 Å². The lowest BCUT2D eigenvalue weighted by atomic mass is 10.0. The molecular weight excluding hydrogens is 412 g/mol. The normalized spacial score (nSPS) is 13.7. The summed E-state index contributed by atoms with van der Waals surface area (Å²) in [4.78, 5) is 28.0. The van der Waals surface area contributed by atoms with Crippen LogP contribution in [0.3, 0.4) is 0 Å². The molecule has 0 bridgehead atoms. The van der Waals surface area contributed by atoms with E-state index in [4.69, 9.17) is 16.3 Å². The highest BCUT2D eigenvalue weighted by molar-refractivity contribution is 6.48. The van der Waals surface area contributed by atoms with Crippen molar-refractivity contribution in [2.24, 2.45) is 0 Å². The molecule has 2 amide bonds. The van der Waals surface area contributed by atoms with Crippen LogP contribution in [0.4, 0.5) is 11.4 Å². The van der Waals surface area contributed by atoms with Crippen LogP contribution in [0.5, 0.6) is 5.75 Å². The molecular formula is C25H21ClN2O3. The molecule has 156 valence electrons. The summed E-state index contributed by atoms with van der Waals surface area (Å²) in [5, 5.41) is 3.52. The molecule has 1 heterocycles. The predicted octanol–water partition coefficient (Wildman–Crippen LogP) is 5.36. The Labute approximate surface area is 185 Å². The first-order valence-electron chi connectivity index (χ1n) is 9.76. The standard InChI is InChI=1S/C25H21ClN2O3/c1-15-12-16(2)14-18(13-15)27-23-22(17-8-10-19(31-3)11-9-17)24(29)28(25(23)30)21-7-5-4-6-20(21)26/h4-14,27H,1-3H3. The number of hydrogen-bond acceptors (Lipinski definition) is 4. The van der Waals surface area contributed by atoms with Crippen molar-refractivity contribution in [1.82, 2.24) is 0 Å². The van der Waals surface area contributed by atoms with Gasteiger partial charge in [0, 0.05) is 5.69 Å². The smallest absolute Gasteiger partial charge is 0.282 e. The van der Waals surface area contributed by atoms with Crippen LogP contribution in [0.25, 0.3) is 5.57 Å². The van der Waals surface area contributed by atoms with Crippen molar-refractivity contribution >= 4 is 40.4 Å². The molecule has 0 atom stereocenters. The Morgan fingerprint density at radius 1 is 0.871 bits per heavy atom. The van der Waals surface area contributed by atoms with Crippen LogP contribution in [0.2, 0.25) is 5.02 Å². The topological polar surface area (TPSA) is 58.6 Å². The maximum absolute atomic E-state index is 13.5. The van der Waals surface area contributed by atoms with Crippen molar-refractivity contribution in [3.05, 3.63) is 94.1 Å². The summed E-state index contributed by atoms with van der Waals surface area (Å²) < 4.78 is 5.22. The molecule has 0 fully saturated rings. The van der Waals surface area contributed by atoms with Gasteiger partial charge in [0.25, 0.3) is 11.8 Å². The fourth-order valence-electron chi connectivity index (χ4n) is 3.71. The largest absolute Gasteiger partial charge is 0.497 e. The molecule has 6 heteroatoms. The molecule has 0 unspecified atom stereocenters. The number of halogens is 1. The number of para-hydroxylation sites is 1. The lowest BCUT2D eigenvalue weighted by molar-refractivity contribution is -0.120. The third-order valence-corrected chi connectivity index (χ3v) is 5.37. The molecule has 3 aromatic carbocycles. The van der Waals surface area contributed by atoms with Crippen molar-refractivity contribution < 1.29 is 14.3 Å². The number of hydrogen-bond donors (Lipinski definition) is 1. The van der Waals surface area contributed by atoms with Gasteiger partial charge in [-0.2, -0.15) is 0 Å². The molecule has 0 saturated carbocycles. The van der Waals surface area contributed by atoms with Gasteiger partial charge in [-0.05, 0) is 66.9 Å². The number of methoxy groups -OCH3 is 1. The van der Waals surface area contributed by atoms with E-state index in [9.17, 15) is 9.59 Å². The SMILES string of the molecule is COc1ccc(C2=C(Nc3cc(C)cc(C)c3)C(=O)N(c3ccccc3Cl)C2=O)cc1. The van der Waals surface area contributed by atoms with Crippen LogP contribution >= 0.6 is 11.6 Å². The van der Waals surface area contributed by atoms with Crippen LogP contribution < -0.4 is 15.0 Å². The molecule has 0 aliphatic carbocycles. The average Bonchev–Trinajstić information content (AvgIpc) is 2.97. The zero-order chi connectivity index (χ0) is 22.1. The second-order valence-electron chi connectivity index (χ2n) is 7.38. The van der Waals surface area contributed by atoms with E-state index in [0.29, 0.717) is 22.0 Å². The van der Waals surface area contributed by atoms with E-state index >= 15 is 0 Å². The van der Waals surface area contributed by atoms with Gasteiger partial charge < -0.3 is 10.1 Å². The van der Waals surface area contributed by atoms with Gasteiger partial charge in [-0.15, -0.1) is 0 Å². The molecule has 0 radical (unpaired) electrons. The maximum atomic E-state index is 13.5. The van der Waals surface area contributed by atoms with Crippen molar-refractivity contribution in [3.63, 3.8) is 0 Å². The number of aryl methyl sites for hydroxylation is 2. The minimum absolute atomic E-state index is 0.208. The Hall–Kier alpha value is -3.57. The quantitative estimate of drug-likeness (QED) is 0.551. The van der Waals surface area contributed by atoms with Crippen molar-refractivity contribution in [2.75, 3.05) is 17.3 Å². The summed E-state index contributed by atoms with van der Waals surface area (Å²) in [5.41, 5.74) is 4.29. The number of carbonyl (C=O) groups is 2. The Kier molecular flexibility index (Phi) is 5.53. The molecule has 0 saturated heterocycles. The Balaban J connectivity index is 1.85. The number of imide groups is 1. The van der Waals surface area contributed by atoms with Crippen LogP contribution in [-0.2, 0) is 9.59 Å². The number of nitrogens with one attached hydrogen (secondary N) is 1. The van der Waals surface area contributed by atoms with Gasteiger partial charge in [0.2, 0.25) is 0 Å². The second kappa shape index (κ2) is 8.28. The molecule has 5 nitrogen and oxygen atoms in total. The first-order chi connectivity index (χ1) is 14.9. The molecule has 3 aromatic rings. The van der Waals surface area contributed by atoms with Gasteiger partial charge in [-0.3, -0.25) is 9.59 Å². The summed E-state index contributed by atoms with van der Waals surface area (Å²) >= 11 is 6.32. The van der Waals surface area contributed by atoms with Gasteiger partial charge in [0.05, 0.1) is 23.4 Å². The summed E-state index contributed by atoms with van der Waals surface area (Å²) in [6.45, 7) is 3.96. The van der Waals surface area contributed by atoms with E-state index in [1.165, 1.54) is 0 Å². The monoisotopic (exact) mass is 432 g/mol. The maximum Gasteiger partial charge on any atom is 0.282 e. The van der Waals surface area contributed by atoms with Crippen LogP contribution in [0, 0.1) is 13.8 Å². The van der Waals surface area contributed by atoms with Gasteiger partial charge in [-0.25, -0.2) is 4.90 Å². The highest BCUT2D eigenvalue weighted by Crippen LogP contribution is 2.37. The third-order valence-electron chi connectivity index (χ3n) is 5.05. The number of carbonyl (C=O) groups excluding carboxylic acids is 2. The molecule has 0 aromatic heterocycles. The lowest BCUT2D eigenvalue weighted by Crippen LogP contribution is -2.32. The minimum atomic E-state index is -0.455. The fraction of sp³-hybridized carbons (Fsp3) is 0.120. The number of rotatable bonds is 5. The first kappa shape index (κ1) is 20.7. The number of anilines is 2. The fourth-order valence-corrected chi connectivity index (χ4v) is 3.93. The van der Waals surface area contributed by atoms with E-state index in [2.05, 4.69) is 5.32 Å². The van der Waals surface area contributed by atoms with Gasteiger partial charge in [-0.1, -0.05) is 41.9 Å². The van der Waals surface area contributed by atoms with E-state index in [1.807, 2.05) is 32.0 Å². The number of ether oxygens (including phenoxy) is 1. The highest BCUT2D eigenvalue weighted by Gasteiger charge is 2.41. The Bertz CT molecular complexity index is 1200. The second-order valence-corrected chi connectivity index (χ2v) is 7.78. The van der Waals surface area contributed by atoms with Crippen molar-refractivity contribution in [2.45, 2.75) is 13.8 Å². The van der Waals surface area contributed by atoms with E-state index in [1.54, 1.807) is 55.6 Å². The van der Waals surface area contributed by atoms with E-state index in [-0.39, 0.29) is 11.3 Å². The predicted molar refractivity (Wildman–Crippen MR) is 123 cm³/mol.